The summed E-state index contributed by atoms with van der Waals surface area (Å²) >= 11 is 12.4. The molecule has 0 aromatic heterocycles. The number of halogens is 2. The van der Waals surface area contributed by atoms with E-state index >= 15 is 0 Å². The average molecular weight is 413 g/mol. The minimum atomic E-state index is 0.256. The fourth-order valence-electron chi connectivity index (χ4n) is 4.01. The van der Waals surface area contributed by atoms with Gasteiger partial charge in [-0.2, -0.15) is 0 Å². The molecule has 2 fully saturated rings. The molecule has 0 unspecified atom stereocenters. The van der Waals surface area contributed by atoms with Crippen molar-refractivity contribution in [3.05, 3.63) is 28.2 Å². The van der Waals surface area contributed by atoms with Crippen molar-refractivity contribution in [1.29, 1.82) is 0 Å². The molecular weight excluding hydrogens is 383 g/mol. The first kappa shape index (κ1) is 20.7. The molecule has 2 aliphatic rings. The molecule has 0 atom stereocenters. The van der Waals surface area contributed by atoms with Gasteiger partial charge in [-0.15, -0.1) is 0 Å². The molecule has 0 saturated carbocycles. The molecule has 1 aromatic rings. The number of rotatable bonds is 5. The number of carbonyl (C=O) groups excluding carboxylic acids is 1. The van der Waals surface area contributed by atoms with Crippen molar-refractivity contribution < 1.29 is 4.79 Å². The maximum absolute atomic E-state index is 12.2. The maximum atomic E-state index is 12.2. The number of anilines is 1. The van der Waals surface area contributed by atoms with E-state index in [0.717, 1.165) is 69.4 Å². The van der Waals surface area contributed by atoms with Gasteiger partial charge in [-0.3, -0.25) is 9.69 Å². The molecule has 0 radical (unpaired) electrons. The fourth-order valence-corrected chi connectivity index (χ4v) is 4.54. The van der Waals surface area contributed by atoms with Crippen LogP contribution in [-0.2, 0) is 4.79 Å². The van der Waals surface area contributed by atoms with Crippen molar-refractivity contribution in [1.82, 2.24) is 14.7 Å². The summed E-state index contributed by atoms with van der Waals surface area (Å²) in [4.78, 5) is 21.0. The van der Waals surface area contributed by atoms with E-state index in [4.69, 9.17) is 23.2 Å². The van der Waals surface area contributed by atoms with Crippen LogP contribution in [-0.4, -0.2) is 87.1 Å². The van der Waals surface area contributed by atoms with E-state index in [1.165, 1.54) is 0 Å². The Morgan fingerprint density at radius 3 is 2.33 bits per heavy atom. The summed E-state index contributed by atoms with van der Waals surface area (Å²) in [6.45, 7) is 7.54. The highest BCUT2D eigenvalue weighted by Crippen LogP contribution is 2.29. The van der Waals surface area contributed by atoms with Gasteiger partial charge in [-0.1, -0.05) is 23.2 Å². The van der Waals surface area contributed by atoms with Gasteiger partial charge in [-0.25, -0.2) is 0 Å². The monoisotopic (exact) mass is 412 g/mol. The molecule has 7 heteroatoms. The second-order valence-corrected chi connectivity index (χ2v) is 8.79. The van der Waals surface area contributed by atoms with E-state index in [9.17, 15) is 4.79 Å². The predicted molar refractivity (Wildman–Crippen MR) is 113 cm³/mol. The van der Waals surface area contributed by atoms with Crippen LogP contribution >= 0.6 is 23.2 Å². The lowest BCUT2D eigenvalue weighted by Crippen LogP contribution is -2.49. The summed E-state index contributed by atoms with van der Waals surface area (Å²) in [5, 5.41) is 1.41. The standard InChI is InChI=1S/C20H30Cl2N4O/c1-23(2)15-20(27)26-7-5-16(6-8-26)14-24-9-11-25(12-10-24)19-4-3-17(21)13-18(19)22/h3-4,13,16H,5-12,14-15H2,1-2H3. The zero-order chi connectivity index (χ0) is 19.4. The molecule has 1 amide bonds. The SMILES string of the molecule is CN(C)CC(=O)N1CCC(CN2CCN(c3ccc(Cl)cc3Cl)CC2)CC1. The molecule has 3 rings (SSSR count). The summed E-state index contributed by atoms with van der Waals surface area (Å²) in [7, 11) is 3.89. The molecule has 1 aromatic carbocycles. The molecular formula is C20H30Cl2N4O. The number of piperidine rings is 1. The van der Waals surface area contributed by atoms with Gasteiger partial charge in [0.2, 0.25) is 5.91 Å². The second kappa shape index (κ2) is 9.46. The van der Waals surface area contributed by atoms with Crippen LogP contribution < -0.4 is 4.90 Å². The zero-order valence-corrected chi connectivity index (χ0v) is 17.8. The van der Waals surface area contributed by atoms with Crippen molar-refractivity contribution in [2.24, 2.45) is 5.92 Å². The first-order valence-electron chi connectivity index (χ1n) is 9.77. The number of likely N-dealkylation sites (N-methyl/N-ethyl adjacent to an activating group) is 1. The van der Waals surface area contributed by atoms with E-state index < -0.39 is 0 Å². The molecule has 0 aliphatic carbocycles. The van der Waals surface area contributed by atoms with Crippen LogP contribution in [0.5, 0.6) is 0 Å². The van der Waals surface area contributed by atoms with Crippen molar-refractivity contribution in [2.45, 2.75) is 12.8 Å². The number of benzene rings is 1. The Bertz CT molecular complexity index is 639. The number of nitrogens with zero attached hydrogens (tertiary/aromatic N) is 4. The van der Waals surface area contributed by atoms with E-state index in [2.05, 4.69) is 9.80 Å². The van der Waals surface area contributed by atoms with Gasteiger partial charge in [0.1, 0.15) is 0 Å². The Labute approximate surface area is 172 Å². The van der Waals surface area contributed by atoms with Gasteiger partial charge in [0, 0.05) is 50.8 Å². The summed E-state index contributed by atoms with van der Waals surface area (Å²) in [5.74, 6) is 0.950. The number of piperazine rings is 1. The van der Waals surface area contributed by atoms with Crippen LogP contribution in [0.1, 0.15) is 12.8 Å². The molecule has 0 bridgehead atoms. The van der Waals surface area contributed by atoms with Crippen LogP contribution in [0, 0.1) is 5.92 Å². The number of hydrogen-bond acceptors (Lipinski definition) is 4. The van der Waals surface area contributed by atoms with Crippen LogP contribution in [0.4, 0.5) is 5.69 Å². The van der Waals surface area contributed by atoms with Gasteiger partial charge in [0.05, 0.1) is 17.3 Å². The van der Waals surface area contributed by atoms with E-state index in [-0.39, 0.29) is 5.91 Å². The van der Waals surface area contributed by atoms with Gasteiger partial charge >= 0.3 is 0 Å². The lowest BCUT2D eigenvalue weighted by molar-refractivity contribution is -0.133. The first-order valence-corrected chi connectivity index (χ1v) is 10.5. The average Bonchev–Trinajstić information content (AvgIpc) is 2.63. The highest BCUT2D eigenvalue weighted by Gasteiger charge is 2.26. The Balaban J connectivity index is 1.42. The predicted octanol–water partition coefficient (Wildman–Crippen LogP) is 2.92. The maximum Gasteiger partial charge on any atom is 0.236 e. The Morgan fingerprint density at radius 1 is 1.07 bits per heavy atom. The fraction of sp³-hybridized carbons (Fsp3) is 0.650. The van der Waals surface area contributed by atoms with Crippen molar-refractivity contribution >= 4 is 34.8 Å². The van der Waals surface area contributed by atoms with Gasteiger partial charge in [0.15, 0.2) is 0 Å². The third-order valence-electron chi connectivity index (χ3n) is 5.56. The third-order valence-corrected chi connectivity index (χ3v) is 6.10. The number of amides is 1. The van der Waals surface area contributed by atoms with Crippen LogP contribution in [0.3, 0.4) is 0 Å². The molecule has 150 valence electrons. The third kappa shape index (κ3) is 5.74. The van der Waals surface area contributed by atoms with Crippen LogP contribution in [0.2, 0.25) is 10.0 Å². The molecule has 5 nitrogen and oxygen atoms in total. The summed E-state index contributed by atoms with van der Waals surface area (Å²) in [6, 6.07) is 5.73. The molecule has 2 aliphatic heterocycles. The molecule has 2 saturated heterocycles. The largest absolute Gasteiger partial charge is 0.368 e. The summed E-state index contributed by atoms with van der Waals surface area (Å²) in [6.07, 6.45) is 2.23. The van der Waals surface area contributed by atoms with Crippen molar-refractivity contribution in [3.63, 3.8) is 0 Å². The van der Waals surface area contributed by atoms with E-state index in [0.29, 0.717) is 17.5 Å². The Hall–Kier alpha value is -1.01. The quantitative estimate of drug-likeness (QED) is 0.743. The van der Waals surface area contributed by atoms with Crippen LogP contribution in [0.25, 0.3) is 0 Å². The lowest BCUT2D eigenvalue weighted by Gasteiger charge is -2.40. The van der Waals surface area contributed by atoms with Crippen molar-refractivity contribution in [3.8, 4) is 0 Å². The summed E-state index contributed by atoms with van der Waals surface area (Å²) < 4.78 is 0. The van der Waals surface area contributed by atoms with Crippen molar-refractivity contribution in [2.75, 3.05) is 71.4 Å². The number of likely N-dealkylation sites (tertiary alicyclic amines) is 1. The topological polar surface area (TPSA) is 30.0 Å². The highest BCUT2D eigenvalue weighted by molar-refractivity contribution is 6.36. The van der Waals surface area contributed by atoms with Gasteiger partial charge in [0.25, 0.3) is 0 Å². The molecule has 2 heterocycles. The zero-order valence-electron chi connectivity index (χ0n) is 16.3. The smallest absolute Gasteiger partial charge is 0.236 e. The van der Waals surface area contributed by atoms with Gasteiger partial charge in [-0.05, 0) is 51.1 Å². The van der Waals surface area contributed by atoms with E-state index in [1.807, 2.05) is 42.1 Å². The molecule has 27 heavy (non-hydrogen) atoms. The normalized spacial score (nSPS) is 19.7. The molecule has 0 N–H and O–H groups in total. The first-order chi connectivity index (χ1) is 12.9. The lowest BCUT2D eigenvalue weighted by atomic mass is 9.95. The van der Waals surface area contributed by atoms with Crippen LogP contribution in [0.15, 0.2) is 18.2 Å². The number of carbonyl (C=O) groups is 1. The number of hydrogen-bond donors (Lipinski definition) is 0. The second-order valence-electron chi connectivity index (χ2n) is 7.95. The minimum absolute atomic E-state index is 0.256. The van der Waals surface area contributed by atoms with Gasteiger partial charge < -0.3 is 14.7 Å². The highest BCUT2D eigenvalue weighted by atomic mass is 35.5. The molecule has 0 spiro atoms. The van der Waals surface area contributed by atoms with E-state index in [1.54, 1.807) is 0 Å². The minimum Gasteiger partial charge on any atom is -0.368 e. The Kier molecular flexibility index (Phi) is 7.26. The Morgan fingerprint density at radius 2 is 1.74 bits per heavy atom. The summed E-state index contributed by atoms with van der Waals surface area (Å²) in [5.41, 5.74) is 1.08.